The van der Waals surface area contributed by atoms with Gasteiger partial charge in [-0.15, -0.1) is 0 Å². The molecule has 136 valence electrons. The lowest BCUT2D eigenvalue weighted by molar-refractivity contribution is -0.136. The first kappa shape index (κ1) is 17.9. The third-order valence-corrected chi connectivity index (χ3v) is 5.32. The highest BCUT2D eigenvalue weighted by Crippen LogP contribution is 2.22. The lowest BCUT2D eigenvalue weighted by atomic mass is 9.96. The van der Waals surface area contributed by atoms with E-state index in [1.165, 1.54) is 5.52 Å². The average molecular weight is 342 g/mol. The van der Waals surface area contributed by atoms with E-state index in [1.807, 2.05) is 18.0 Å². The van der Waals surface area contributed by atoms with Gasteiger partial charge in [0, 0.05) is 27.2 Å². The van der Waals surface area contributed by atoms with Crippen molar-refractivity contribution in [2.45, 2.75) is 39.2 Å². The zero-order valence-electron chi connectivity index (χ0n) is 15.7. The van der Waals surface area contributed by atoms with Crippen LogP contribution in [-0.2, 0) is 18.4 Å². The molecule has 5 heteroatoms. The molecule has 1 atom stereocenters. The van der Waals surface area contributed by atoms with Gasteiger partial charge in [0.05, 0.1) is 23.5 Å². The van der Waals surface area contributed by atoms with Gasteiger partial charge in [-0.2, -0.15) is 0 Å². The number of fused-ring (bicyclic) bond motifs is 1. The van der Waals surface area contributed by atoms with Crippen molar-refractivity contribution in [3.8, 4) is 0 Å². The lowest BCUT2D eigenvalue weighted by Gasteiger charge is -2.33. The second-order valence-corrected chi connectivity index (χ2v) is 7.26. The van der Waals surface area contributed by atoms with E-state index in [1.54, 1.807) is 0 Å². The first-order chi connectivity index (χ1) is 12.1. The minimum absolute atomic E-state index is 0.130. The van der Waals surface area contributed by atoms with Crippen LogP contribution in [0.5, 0.6) is 0 Å². The van der Waals surface area contributed by atoms with Crippen LogP contribution in [0.25, 0.3) is 11.0 Å². The number of amides is 1. The second-order valence-electron chi connectivity index (χ2n) is 7.26. The fraction of sp³-hybridized carbons (Fsp3) is 0.600. The highest BCUT2D eigenvalue weighted by atomic mass is 16.2. The largest absolute Gasteiger partial charge is 0.345 e. The molecule has 3 rings (SSSR count). The van der Waals surface area contributed by atoms with Crippen LogP contribution >= 0.6 is 0 Å². The maximum absolute atomic E-state index is 12.7. The molecule has 2 heterocycles. The van der Waals surface area contributed by atoms with Crippen molar-refractivity contribution in [3.05, 3.63) is 30.1 Å². The Bertz CT molecular complexity index is 724. The second kappa shape index (κ2) is 8.00. The van der Waals surface area contributed by atoms with Crippen molar-refractivity contribution in [3.63, 3.8) is 0 Å². The highest BCUT2D eigenvalue weighted by Gasteiger charge is 2.28. The van der Waals surface area contributed by atoms with Gasteiger partial charge in [0.25, 0.3) is 0 Å². The van der Waals surface area contributed by atoms with Gasteiger partial charge in [0.15, 0.2) is 0 Å². The van der Waals surface area contributed by atoms with Crippen molar-refractivity contribution in [1.82, 2.24) is 19.4 Å². The Hall–Kier alpha value is -1.88. The third-order valence-electron chi connectivity index (χ3n) is 5.32. The fourth-order valence-corrected chi connectivity index (χ4v) is 3.75. The Balaban J connectivity index is 1.65. The van der Waals surface area contributed by atoms with E-state index in [2.05, 4.69) is 41.6 Å². The predicted molar refractivity (Wildman–Crippen MR) is 101 cm³/mol. The number of aryl methyl sites for hydroxylation is 1. The van der Waals surface area contributed by atoms with Crippen LogP contribution in [0.2, 0.25) is 0 Å². The summed E-state index contributed by atoms with van der Waals surface area (Å²) in [5, 5.41) is 0. The van der Waals surface area contributed by atoms with Crippen LogP contribution in [0.4, 0.5) is 0 Å². The Kier molecular flexibility index (Phi) is 5.74. The highest BCUT2D eigenvalue weighted by molar-refractivity contribution is 5.79. The van der Waals surface area contributed by atoms with Gasteiger partial charge in [-0.05, 0) is 37.9 Å². The summed E-state index contributed by atoms with van der Waals surface area (Å²) < 4.78 is 2.17. The monoisotopic (exact) mass is 342 g/mol. The van der Waals surface area contributed by atoms with Crippen molar-refractivity contribution in [2.75, 3.05) is 26.7 Å². The first-order valence-electron chi connectivity index (χ1n) is 9.47. The molecule has 25 heavy (non-hydrogen) atoms. The summed E-state index contributed by atoms with van der Waals surface area (Å²) in [6.07, 6.45) is 4.30. The maximum atomic E-state index is 12.7. The van der Waals surface area contributed by atoms with Crippen LogP contribution in [0.1, 0.15) is 38.4 Å². The zero-order valence-corrected chi connectivity index (χ0v) is 15.7. The molecule has 0 bridgehead atoms. The van der Waals surface area contributed by atoms with Gasteiger partial charge in [-0.1, -0.05) is 25.5 Å². The van der Waals surface area contributed by atoms with Gasteiger partial charge in [-0.3, -0.25) is 9.69 Å². The Morgan fingerprint density at radius 3 is 2.92 bits per heavy atom. The number of rotatable bonds is 6. The molecule has 1 aliphatic rings. The fourth-order valence-electron chi connectivity index (χ4n) is 3.75. The van der Waals surface area contributed by atoms with E-state index in [0.29, 0.717) is 5.91 Å². The molecule has 0 radical (unpaired) electrons. The number of piperidine rings is 1. The number of likely N-dealkylation sites (tertiary alicyclic amines) is 1. The van der Waals surface area contributed by atoms with Crippen molar-refractivity contribution >= 4 is 16.9 Å². The molecule has 1 aromatic heterocycles. The smallest absolute Gasteiger partial charge is 0.226 e. The number of carbonyl (C=O) groups excluding carboxylic acids is 1. The van der Waals surface area contributed by atoms with E-state index in [9.17, 15) is 4.79 Å². The summed E-state index contributed by atoms with van der Waals surface area (Å²) in [7, 11) is 4.03. The van der Waals surface area contributed by atoms with Crippen LogP contribution in [0.15, 0.2) is 24.3 Å². The van der Waals surface area contributed by atoms with Crippen molar-refractivity contribution < 1.29 is 4.79 Å². The minimum Gasteiger partial charge on any atom is -0.345 e. The van der Waals surface area contributed by atoms with Crippen LogP contribution < -0.4 is 0 Å². The molecule has 1 amide bonds. The molecule has 0 spiro atoms. The minimum atomic E-state index is 0.130. The summed E-state index contributed by atoms with van der Waals surface area (Å²) in [6.45, 7) is 5.74. The van der Waals surface area contributed by atoms with Gasteiger partial charge in [-0.25, -0.2) is 4.98 Å². The molecule has 1 aliphatic heterocycles. The van der Waals surface area contributed by atoms with Gasteiger partial charge in [0.2, 0.25) is 5.91 Å². The first-order valence-corrected chi connectivity index (χ1v) is 9.47. The average Bonchev–Trinajstić information content (AvgIpc) is 2.95. The van der Waals surface area contributed by atoms with Crippen LogP contribution in [0.3, 0.4) is 0 Å². The van der Waals surface area contributed by atoms with Gasteiger partial charge >= 0.3 is 0 Å². The molecule has 2 aromatic rings. The number of hydrogen-bond acceptors (Lipinski definition) is 3. The summed E-state index contributed by atoms with van der Waals surface area (Å²) in [4.78, 5) is 21.8. The summed E-state index contributed by atoms with van der Waals surface area (Å²) >= 11 is 0. The van der Waals surface area contributed by atoms with Crippen molar-refractivity contribution in [2.24, 2.45) is 13.0 Å². The van der Waals surface area contributed by atoms with Crippen LogP contribution in [0, 0.1) is 5.92 Å². The Morgan fingerprint density at radius 1 is 1.36 bits per heavy atom. The molecule has 0 saturated carbocycles. The molecular formula is C20H30N4O. The molecule has 0 unspecified atom stereocenters. The number of para-hydroxylation sites is 2. The normalized spacial score (nSPS) is 18.6. The standard InChI is InChI=1S/C20H30N4O/c1-4-5-12-22(2)20(25)16-9-8-13-24(14-16)15-19-21-17-10-6-7-11-18(17)23(19)3/h6-7,10-11,16H,4-5,8-9,12-15H2,1-3H3/t16-/m1/s1. The number of imidazole rings is 1. The van der Waals surface area contributed by atoms with E-state index in [0.717, 1.165) is 63.2 Å². The van der Waals surface area contributed by atoms with E-state index in [-0.39, 0.29) is 5.92 Å². The Morgan fingerprint density at radius 2 is 2.16 bits per heavy atom. The van der Waals surface area contributed by atoms with Gasteiger partial charge < -0.3 is 9.47 Å². The zero-order chi connectivity index (χ0) is 17.8. The number of unbranched alkanes of at least 4 members (excludes halogenated alkanes) is 1. The summed E-state index contributed by atoms with van der Waals surface area (Å²) in [5.74, 6) is 1.52. The lowest BCUT2D eigenvalue weighted by Crippen LogP contribution is -2.43. The number of hydrogen-bond donors (Lipinski definition) is 0. The topological polar surface area (TPSA) is 41.4 Å². The quantitative estimate of drug-likeness (QED) is 0.810. The molecule has 1 aromatic carbocycles. The number of aromatic nitrogens is 2. The van der Waals surface area contributed by atoms with E-state index >= 15 is 0 Å². The number of nitrogens with zero attached hydrogens (tertiary/aromatic N) is 4. The number of benzene rings is 1. The summed E-state index contributed by atoms with van der Waals surface area (Å²) in [6, 6.07) is 8.25. The third kappa shape index (κ3) is 4.03. The van der Waals surface area contributed by atoms with Gasteiger partial charge in [0.1, 0.15) is 5.82 Å². The predicted octanol–water partition coefficient (Wildman–Crippen LogP) is 3.04. The molecule has 0 N–H and O–H groups in total. The molecule has 1 saturated heterocycles. The molecule has 5 nitrogen and oxygen atoms in total. The molecule has 0 aliphatic carbocycles. The SMILES string of the molecule is CCCCN(C)C(=O)[C@@H]1CCCN(Cc2nc3ccccc3n2C)C1. The summed E-state index contributed by atoms with van der Waals surface area (Å²) in [5.41, 5.74) is 2.21. The Labute approximate surface area is 150 Å². The van der Waals surface area contributed by atoms with Crippen LogP contribution in [-0.4, -0.2) is 51.9 Å². The number of carbonyl (C=O) groups is 1. The van der Waals surface area contributed by atoms with Crippen molar-refractivity contribution in [1.29, 1.82) is 0 Å². The molecular weight excluding hydrogens is 312 g/mol. The maximum Gasteiger partial charge on any atom is 0.226 e. The van der Waals surface area contributed by atoms with E-state index in [4.69, 9.17) is 4.98 Å². The molecule has 1 fully saturated rings. The van der Waals surface area contributed by atoms with E-state index < -0.39 is 0 Å².